The van der Waals surface area contributed by atoms with E-state index in [0.29, 0.717) is 42.7 Å². The number of hydrogen-bond acceptors (Lipinski definition) is 3. The number of carbonyl (C=O) groups excluding carboxylic acids is 2. The first-order valence-electron chi connectivity index (χ1n) is 12.8. The number of fused-ring (bicyclic) bond motifs is 1. The van der Waals surface area contributed by atoms with Crippen molar-refractivity contribution in [1.29, 1.82) is 0 Å². The fraction of sp³-hybridized carbons (Fsp3) is 0.500. The predicted octanol–water partition coefficient (Wildman–Crippen LogP) is 4.85. The van der Waals surface area contributed by atoms with Crippen LogP contribution in [-0.2, 0) is 11.2 Å². The predicted molar refractivity (Wildman–Crippen MR) is 135 cm³/mol. The Morgan fingerprint density at radius 1 is 0.882 bits per heavy atom. The number of nitrogens with zero attached hydrogens (tertiary/aromatic N) is 2. The monoisotopic (exact) mass is 479 g/mol. The summed E-state index contributed by atoms with van der Waals surface area (Å²) in [6, 6.07) is 15.7. The first-order chi connectivity index (χ1) is 16.6. The van der Waals surface area contributed by atoms with Gasteiger partial charge in [0.2, 0.25) is 5.91 Å². The van der Waals surface area contributed by atoms with Crippen LogP contribution in [-0.4, -0.2) is 53.8 Å². The first kappa shape index (κ1) is 23.4. The summed E-state index contributed by atoms with van der Waals surface area (Å²) in [5.41, 5.74) is 3.20. The molecule has 2 aliphatic carbocycles. The first-order valence-corrected chi connectivity index (χ1v) is 13.2. The average molecular weight is 480 g/mol. The van der Waals surface area contributed by atoms with Crippen LogP contribution in [0.3, 0.4) is 0 Å². The van der Waals surface area contributed by atoms with Crippen LogP contribution < -0.4 is 5.32 Å². The second-order valence-electron chi connectivity index (χ2n) is 9.95. The highest BCUT2D eigenvalue weighted by atomic mass is 35.5. The second kappa shape index (κ2) is 10.5. The van der Waals surface area contributed by atoms with Gasteiger partial charge in [0.05, 0.1) is 22.7 Å². The van der Waals surface area contributed by atoms with E-state index < -0.39 is 0 Å². The van der Waals surface area contributed by atoms with Gasteiger partial charge in [0, 0.05) is 26.2 Å². The van der Waals surface area contributed by atoms with Crippen molar-refractivity contribution < 1.29 is 9.59 Å². The van der Waals surface area contributed by atoms with Gasteiger partial charge >= 0.3 is 0 Å². The summed E-state index contributed by atoms with van der Waals surface area (Å²) in [4.78, 5) is 31.0. The minimum atomic E-state index is -0.117. The van der Waals surface area contributed by atoms with Gasteiger partial charge in [-0.25, -0.2) is 0 Å². The van der Waals surface area contributed by atoms with Crippen LogP contribution in [0.15, 0.2) is 48.5 Å². The number of hydrogen-bond donors (Lipinski definition) is 1. The van der Waals surface area contributed by atoms with Crippen LogP contribution >= 0.6 is 11.6 Å². The van der Waals surface area contributed by atoms with Crippen molar-refractivity contribution in [3.05, 3.63) is 70.2 Å². The third kappa shape index (κ3) is 4.87. The number of benzene rings is 2. The molecule has 0 unspecified atom stereocenters. The highest BCUT2D eigenvalue weighted by Crippen LogP contribution is 2.34. The van der Waals surface area contributed by atoms with Crippen LogP contribution in [0.4, 0.5) is 0 Å². The van der Waals surface area contributed by atoms with Gasteiger partial charge in [-0.3, -0.25) is 14.5 Å². The Morgan fingerprint density at radius 3 is 2.35 bits per heavy atom. The third-order valence-corrected chi connectivity index (χ3v) is 8.23. The normalized spacial score (nSPS) is 22.3. The Balaban J connectivity index is 1.27. The van der Waals surface area contributed by atoms with E-state index in [4.69, 9.17) is 11.6 Å². The van der Waals surface area contributed by atoms with Crippen LogP contribution in [0.5, 0.6) is 0 Å². The molecule has 2 atom stereocenters. The lowest BCUT2D eigenvalue weighted by Crippen LogP contribution is -2.58. The minimum Gasteiger partial charge on any atom is -0.348 e. The molecule has 6 heteroatoms. The van der Waals surface area contributed by atoms with Crippen LogP contribution in [0.1, 0.15) is 66.1 Å². The molecule has 0 aromatic heterocycles. The lowest BCUT2D eigenvalue weighted by Gasteiger charge is -2.41. The van der Waals surface area contributed by atoms with Gasteiger partial charge in [-0.05, 0) is 61.3 Å². The topological polar surface area (TPSA) is 52.7 Å². The second-order valence-corrected chi connectivity index (χ2v) is 10.4. The smallest absolute Gasteiger partial charge is 0.255 e. The van der Waals surface area contributed by atoms with E-state index in [1.165, 1.54) is 24.0 Å². The molecule has 0 spiro atoms. The maximum absolute atomic E-state index is 13.7. The van der Waals surface area contributed by atoms with Gasteiger partial charge in [-0.15, -0.1) is 0 Å². The van der Waals surface area contributed by atoms with Crippen molar-refractivity contribution in [1.82, 2.24) is 15.1 Å². The van der Waals surface area contributed by atoms with Gasteiger partial charge in [0.1, 0.15) is 0 Å². The lowest BCUT2D eigenvalue weighted by atomic mass is 9.87. The molecule has 1 heterocycles. The summed E-state index contributed by atoms with van der Waals surface area (Å²) in [6.07, 6.45) is 7.82. The van der Waals surface area contributed by atoms with Gasteiger partial charge in [-0.2, -0.15) is 0 Å². The molecular weight excluding hydrogens is 446 g/mol. The zero-order chi connectivity index (χ0) is 23.5. The molecule has 3 aliphatic rings. The lowest BCUT2D eigenvalue weighted by molar-refractivity contribution is -0.130. The molecular formula is C28H34ClN3O2. The van der Waals surface area contributed by atoms with Crippen molar-refractivity contribution in [3.63, 3.8) is 0 Å². The summed E-state index contributed by atoms with van der Waals surface area (Å²) in [7, 11) is 0. The van der Waals surface area contributed by atoms with Gasteiger partial charge in [-0.1, -0.05) is 60.8 Å². The zero-order valence-electron chi connectivity index (χ0n) is 19.7. The van der Waals surface area contributed by atoms with E-state index in [2.05, 4.69) is 34.5 Å². The largest absolute Gasteiger partial charge is 0.348 e. The fourth-order valence-electron chi connectivity index (χ4n) is 6.12. The maximum Gasteiger partial charge on any atom is 0.255 e. The molecule has 0 radical (unpaired) electrons. The molecule has 34 heavy (non-hydrogen) atoms. The Morgan fingerprint density at radius 2 is 1.59 bits per heavy atom. The molecule has 1 saturated heterocycles. The van der Waals surface area contributed by atoms with E-state index >= 15 is 0 Å². The van der Waals surface area contributed by atoms with Gasteiger partial charge in [0.15, 0.2) is 0 Å². The highest BCUT2D eigenvalue weighted by Gasteiger charge is 2.38. The van der Waals surface area contributed by atoms with Crippen molar-refractivity contribution in [2.24, 2.45) is 5.92 Å². The molecule has 2 aromatic carbocycles. The Labute approximate surface area is 207 Å². The van der Waals surface area contributed by atoms with Gasteiger partial charge < -0.3 is 10.2 Å². The van der Waals surface area contributed by atoms with E-state index in [0.717, 1.165) is 32.1 Å². The highest BCUT2D eigenvalue weighted by molar-refractivity contribution is 6.33. The molecule has 2 aromatic rings. The summed E-state index contributed by atoms with van der Waals surface area (Å²) >= 11 is 6.26. The summed E-state index contributed by atoms with van der Waals surface area (Å²) in [6.45, 7) is 2.66. The number of nitrogens with one attached hydrogen (secondary N) is 1. The number of amides is 2. The molecule has 5 rings (SSSR count). The SMILES string of the molecule is O=C(N[C@@H]1CCCc2ccccc21)[C@H](C1CCCC1)N1CCN(C(=O)c2ccccc2Cl)CC1. The maximum atomic E-state index is 13.7. The Kier molecular flexibility index (Phi) is 7.21. The van der Waals surface area contributed by atoms with E-state index in [1.807, 2.05) is 17.0 Å². The fourth-order valence-corrected chi connectivity index (χ4v) is 6.34. The van der Waals surface area contributed by atoms with Gasteiger partial charge in [0.25, 0.3) is 5.91 Å². The molecule has 1 aliphatic heterocycles. The molecule has 5 nitrogen and oxygen atoms in total. The van der Waals surface area contributed by atoms with Crippen LogP contribution in [0.25, 0.3) is 0 Å². The number of piperazine rings is 1. The molecule has 180 valence electrons. The Hall–Kier alpha value is -2.37. The van der Waals surface area contributed by atoms with Crippen LogP contribution in [0, 0.1) is 5.92 Å². The van der Waals surface area contributed by atoms with Crippen molar-refractivity contribution >= 4 is 23.4 Å². The van der Waals surface area contributed by atoms with Crippen molar-refractivity contribution in [2.75, 3.05) is 26.2 Å². The average Bonchev–Trinajstić information content (AvgIpc) is 3.39. The molecule has 2 amide bonds. The van der Waals surface area contributed by atoms with E-state index in [9.17, 15) is 9.59 Å². The number of rotatable bonds is 5. The summed E-state index contributed by atoms with van der Waals surface area (Å²) in [5, 5.41) is 3.93. The molecule has 1 saturated carbocycles. The van der Waals surface area contributed by atoms with Crippen molar-refractivity contribution in [2.45, 2.75) is 57.0 Å². The standard InChI is InChI=1S/C28H34ClN3O2/c29-24-14-6-5-13-23(24)28(34)32-18-16-31(17-19-32)26(21-9-1-2-10-21)27(33)30-25-15-7-11-20-8-3-4-12-22(20)25/h3-6,8,12-14,21,25-26H,1-2,7,9-11,15-19H2,(H,30,33)/t25-,26+/m1/s1. The number of aryl methyl sites for hydroxylation is 1. The third-order valence-electron chi connectivity index (χ3n) is 7.90. The minimum absolute atomic E-state index is 0.0223. The summed E-state index contributed by atoms with van der Waals surface area (Å²) < 4.78 is 0. The van der Waals surface area contributed by atoms with E-state index in [-0.39, 0.29) is 23.9 Å². The zero-order valence-corrected chi connectivity index (χ0v) is 20.5. The number of halogens is 1. The molecule has 1 N–H and O–H groups in total. The number of carbonyl (C=O) groups is 2. The molecule has 2 fully saturated rings. The molecule has 0 bridgehead atoms. The van der Waals surface area contributed by atoms with E-state index in [1.54, 1.807) is 12.1 Å². The van der Waals surface area contributed by atoms with Crippen molar-refractivity contribution in [3.8, 4) is 0 Å². The Bertz CT molecular complexity index is 1030. The quantitative estimate of drug-likeness (QED) is 0.666. The summed E-state index contributed by atoms with van der Waals surface area (Å²) in [5.74, 6) is 0.537. The van der Waals surface area contributed by atoms with Crippen LogP contribution in [0.2, 0.25) is 5.02 Å².